The number of nitrogens with zero attached hydrogens (tertiary/aromatic N) is 5. The van der Waals surface area contributed by atoms with Gasteiger partial charge in [0.05, 0.1) is 41.5 Å². The molecular formula is C23H19ClF4N6O3. The Morgan fingerprint density at radius 1 is 1.16 bits per heavy atom. The molecule has 1 aromatic carbocycles. The first-order chi connectivity index (χ1) is 17.5. The number of carbonyl (C=O) groups is 3. The van der Waals surface area contributed by atoms with Crippen LogP contribution in [0.15, 0.2) is 24.5 Å². The van der Waals surface area contributed by atoms with Crippen LogP contribution in [0.4, 0.5) is 23.2 Å². The summed E-state index contributed by atoms with van der Waals surface area (Å²) in [5, 5.41) is 6.24. The van der Waals surface area contributed by atoms with E-state index >= 15 is 0 Å². The number of halogens is 5. The van der Waals surface area contributed by atoms with Gasteiger partial charge in [0, 0.05) is 25.1 Å². The fourth-order valence-corrected chi connectivity index (χ4v) is 5.27. The molecule has 4 heterocycles. The number of anilines is 1. The third-order valence-electron chi connectivity index (χ3n) is 6.80. The van der Waals surface area contributed by atoms with Crippen LogP contribution in [0, 0.1) is 5.82 Å². The van der Waals surface area contributed by atoms with E-state index in [-0.39, 0.29) is 48.0 Å². The van der Waals surface area contributed by atoms with Crippen molar-refractivity contribution < 1.29 is 31.9 Å². The van der Waals surface area contributed by atoms with Crippen LogP contribution in [-0.2, 0) is 15.0 Å². The summed E-state index contributed by atoms with van der Waals surface area (Å²) in [4.78, 5) is 49.8. The van der Waals surface area contributed by atoms with Crippen molar-refractivity contribution in [1.29, 1.82) is 0 Å². The van der Waals surface area contributed by atoms with Crippen molar-refractivity contribution in [2.75, 3.05) is 24.5 Å². The van der Waals surface area contributed by atoms with Gasteiger partial charge in [-0.2, -0.15) is 18.3 Å². The predicted molar refractivity (Wildman–Crippen MR) is 123 cm³/mol. The molecule has 2 amide bonds. The number of hydrogen-bond acceptors (Lipinski definition) is 6. The number of Topliss-reactive ketones (excluding diaryl/α,β-unsaturated/α-hetero) is 1. The second-order valence-corrected chi connectivity index (χ2v) is 9.42. The minimum atomic E-state index is -4.51. The minimum absolute atomic E-state index is 0.0519. The number of alkyl halides is 3. The molecule has 0 aliphatic carbocycles. The lowest BCUT2D eigenvalue weighted by Crippen LogP contribution is -2.51. The number of benzene rings is 1. The third kappa shape index (κ3) is 4.41. The van der Waals surface area contributed by atoms with E-state index in [1.54, 1.807) is 0 Å². The summed E-state index contributed by atoms with van der Waals surface area (Å²) in [6, 6.07) is 2.34. The first kappa shape index (κ1) is 25.1. The SMILES string of the molecule is O=C(CCC(F)(F)F)CN1C(=O)C2(CCN(C(=O)c3ncc4[nH]ncc4n3)CC2)c2c1ccc(F)c2Cl. The Kier molecular flexibility index (Phi) is 6.13. The molecule has 2 aliphatic rings. The van der Waals surface area contributed by atoms with Gasteiger partial charge in [0.1, 0.15) is 16.9 Å². The Morgan fingerprint density at radius 3 is 2.59 bits per heavy atom. The standard InChI is InChI=1S/C23H19ClF4N6O3/c24-18-13(25)1-2-16-17(18)22(21(37)34(16)11-12(35)3-4-23(26,27)28)5-7-33(8-6-22)20(36)19-29-9-15-14(31-19)10-30-32-15/h1-2,9-10H,3-8,11H2,(H,30,32). The number of nitrogens with one attached hydrogen (secondary N) is 1. The number of ketones is 1. The molecule has 194 valence electrons. The van der Waals surface area contributed by atoms with E-state index in [0.717, 1.165) is 11.0 Å². The number of aromatic amines is 1. The number of hydrogen-bond donors (Lipinski definition) is 1. The first-order valence-corrected chi connectivity index (χ1v) is 11.7. The Hall–Kier alpha value is -3.61. The van der Waals surface area contributed by atoms with E-state index < -0.39 is 54.4 Å². The topological polar surface area (TPSA) is 112 Å². The fourth-order valence-electron chi connectivity index (χ4n) is 4.93. The van der Waals surface area contributed by atoms with Crippen LogP contribution in [-0.4, -0.2) is 68.5 Å². The molecule has 37 heavy (non-hydrogen) atoms. The Labute approximate surface area is 211 Å². The van der Waals surface area contributed by atoms with Gasteiger partial charge in [0.25, 0.3) is 5.91 Å². The summed E-state index contributed by atoms with van der Waals surface area (Å²) in [7, 11) is 0. The summed E-state index contributed by atoms with van der Waals surface area (Å²) in [5.41, 5.74) is 0.0604. The molecule has 1 saturated heterocycles. The molecule has 0 atom stereocenters. The van der Waals surface area contributed by atoms with Crippen molar-refractivity contribution in [1.82, 2.24) is 25.1 Å². The van der Waals surface area contributed by atoms with Gasteiger partial charge in [-0.15, -0.1) is 0 Å². The monoisotopic (exact) mass is 538 g/mol. The Morgan fingerprint density at radius 2 is 1.89 bits per heavy atom. The maximum Gasteiger partial charge on any atom is 0.389 e. The van der Waals surface area contributed by atoms with E-state index in [4.69, 9.17) is 11.6 Å². The normalized spacial score (nSPS) is 17.1. The highest BCUT2D eigenvalue weighted by atomic mass is 35.5. The van der Waals surface area contributed by atoms with Crippen molar-refractivity contribution in [3.8, 4) is 0 Å². The second kappa shape index (κ2) is 9.05. The number of carbonyl (C=O) groups excluding carboxylic acids is 3. The highest BCUT2D eigenvalue weighted by molar-refractivity contribution is 6.33. The molecule has 14 heteroatoms. The number of likely N-dealkylation sites (tertiary alicyclic amines) is 1. The number of rotatable bonds is 5. The molecule has 1 fully saturated rings. The Balaban J connectivity index is 1.39. The van der Waals surface area contributed by atoms with Gasteiger partial charge in [-0.1, -0.05) is 11.6 Å². The summed E-state index contributed by atoms with van der Waals surface area (Å²) in [6.07, 6.45) is -3.59. The lowest BCUT2D eigenvalue weighted by Gasteiger charge is -2.38. The summed E-state index contributed by atoms with van der Waals surface area (Å²) < 4.78 is 52.2. The van der Waals surface area contributed by atoms with Crippen molar-refractivity contribution in [2.24, 2.45) is 0 Å². The van der Waals surface area contributed by atoms with Gasteiger partial charge in [-0.05, 0) is 25.0 Å². The maximum atomic E-state index is 14.5. The zero-order valence-electron chi connectivity index (χ0n) is 19.1. The zero-order chi connectivity index (χ0) is 26.5. The van der Waals surface area contributed by atoms with Crippen molar-refractivity contribution in [3.05, 3.63) is 46.8 Å². The zero-order valence-corrected chi connectivity index (χ0v) is 19.9. The van der Waals surface area contributed by atoms with Crippen LogP contribution in [0.1, 0.15) is 41.9 Å². The molecule has 1 N–H and O–H groups in total. The minimum Gasteiger partial charge on any atom is -0.336 e. The smallest absolute Gasteiger partial charge is 0.336 e. The Bertz CT molecular complexity index is 1420. The summed E-state index contributed by atoms with van der Waals surface area (Å²) >= 11 is 6.29. The van der Waals surface area contributed by atoms with Crippen LogP contribution < -0.4 is 4.90 Å². The van der Waals surface area contributed by atoms with E-state index in [1.165, 1.54) is 23.4 Å². The van der Waals surface area contributed by atoms with Crippen molar-refractivity contribution >= 4 is 45.9 Å². The summed E-state index contributed by atoms with van der Waals surface area (Å²) in [6.45, 7) is -0.425. The van der Waals surface area contributed by atoms with Gasteiger partial charge in [0.2, 0.25) is 11.7 Å². The van der Waals surface area contributed by atoms with E-state index in [1.807, 2.05) is 0 Å². The number of H-pyrrole nitrogens is 1. The predicted octanol–water partition coefficient (Wildman–Crippen LogP) is 3.58. The number of aromatic nitrogens is 4. The van der Waals surface area contributed by atoms with E-state index in [2.05, 4.69) is 20.2 Å². The van der Waals surface area contributed by atoms with Crippen molar-refractivity contribution in [3.63, 3.8) is 0 Å². The highest BCUT2D eigenvalue weighted by Crippen LogP contribution is 2.51. The number of fused-ring (bicyclic) bond motifs is 3. The molecule has 1 spiro atoms. The van der Waals surface area contributed by atoms with E-state index in [9.17, 15) is 31.9 Å². The fraction of sp³-hybridized carbons (Fsp3) is 0.391. The van der Waals surface area contributed by atoms with Gasteiger partial charge in [-0.25, -0.2) is 14.4 Å². The van der Waals surface area contributed by atoms with Gasteiger partial charge in [-0.3, -0.25) is 19.5 Å². The molecule has 9 nitrogen and oxygen atoms in total. The molecule has 0 saturated carbocycles. The number of piperidine rings is 1. The van der Waals surface area contributed by atoms with Crippen LogP contribution in [0.25, 0.3) is 11.0 Å². The van der Waals surface area contributed by atoms with E-state index in [0.29, 0.717) is 11.0 Å². The molecule has 3 aromatic rings. The average molecular weight is 539 g/mol. The maximum absolute atomic E-state index is 14.5. The molecule has 0 unspecified atom stereocenters. The van der Waals surface area contributed by atoms with Gasteiger partial charge < -0.3 is 9.80 Å². The lowest BCUT2D eigenvalue weighted by molar-refractivity contribution is -0.142. The number of amides is 2. The lowest BCUT2D eigenvalue weighted by atomic mass is 9.73. The van der Waals surface area contributed by atoms with Crippen LogP contribution >= 0.6 is 11.6 Å². The first-order valence-electron chi connectivity index (χ1n) is 11.3. The average Bonchev–Trinajstić information content (AvgIpc) is 3.42. The summed E-state index contributed by atoms with van der Waals surface area (Å²) in [5.74, 6) is -2.62. The second-order valence-electron chi connectivity index (χ2n) is 9.04. The van der Waals surface area contributed by atoms with Crippen LogP contribution in [0.3, 0.4) is 0 Å². The van der Waals surface area contributed by atoms with Gasteiger partial charge >= 0.3 is 6.18 Å². The van der Waals surface area contributed by atoms with Crippen LogP contribution in [0.2, 0.25) is 5.02 Å². The molecular weight excluding hydrogens is 520 g/mol. The third-order valence-corrected chi connectivity index (χ3v) is 7.17. The quantitative estimate of drug-likeness (QED) is 0.497. The molecule has 5 rings (SSSR count). The highest BCUT2D eigenvalue weighted by Gasteiger charge is 2.54. The molecule has 0 bridgehead atoms. The molecule has 2 aromatic heterocycles. The largest absolute Gasteiger partial charge is 0.389 e. The molecule has 2 aliphatic heterocycles. The molecule has 0 radical (unpaired) electrons. The van der Waals surface area contributed by atoms with Crippen LogP contribution in [0.5, 0.6) is 0 Å². The van der Waals surface area contributed by atoms with Gasteiger partial charge in [0.15, 0.2) is 5.78 Å². The van der Waals surface area contributed by atoms with Crippen molar-refractivity contribution in [2.45, 2.75) is 37.3 Å².